The number of rotatable bonds is 7. The third-order valence-electron chi connectivity index (χ3n) is 3.85. The van der Waals surface area contributed by atoms with Gasteiger partial charge < -0.3 is 13.8 Å². The van der Waals surface area contributed by atoms with Crippen molar-refractivity contribution in [1.82, 2.24) is 0 Å². The highest BCUT2D eigenvalue weighted by Gasteiger charge is 2.29. The van der Waals surface area contributed by atoms with Gasteiger partial charge in [-0.25, -0.2) is 4.57 Å². The van der Waals surface area contributed by atoms with Crippen molar-refractivity contribution < 1.29 is 18.3 Å². The molecule has 5 nitrogen and oxygen atoms in total. The molecular weight excluding hydrogens is 397 g/mol. The van der Waals surface area contributed by atoms with Crippen LogP contribution in [-0.4, -0.2) is 7.11 Å². The predicted molar refractivity (Wildman–Crippen MR) is 113 cm³/mol. The van der Waals surface area contributed by atoms with Gasteiger partial charge in [0.25, 0.3) is 0 Å². The average Bonchev–Trinajstić information content (AvgIpc) is 2.61. The Morgan fingerprint density at radius 2 is 1.43 bits per heavy atom. The summed E-state index contributed by atoms with van der Waals surface area (Å²) in [6, 6.07) is 19.5. The molecule has 0 atom stereocenters. The van der Waals surface area contributed by atoms with Gasteiger partial charge in [0.1, 0.15) is 17.2 Å². The maximum Gasteiger partial charge on any atom is 0.541 e. The summed E-state index contributed by atoms with van der Waals surface area (Å²) in [6.07, 6.45) is 0. The van der Waals surface area contributed by atoms with Crippen LogP contribution in [0.1, 0.15) is 11.1 Å². The summed E-state index contributed by atoms with van der Waals surface area (Å²) in [5, 5.41) is 3.23. The van der Waals surface area contributed by atoms with Gasteiger partial charge in [-0.3, -0.25) is 5.09 Å². The van der Waals surface area contributed by atoms with Crippen LogP contribution in [0, 0.1) is 13.8 Å². The van der Waals surface area contributed by atoms with Crippen molar-refractivity contribution in [3.05, 3.63) is 82.9 Å². The third kappa shape index (κ3) is 5.22. The Hall–Kier alpha value is -2.62. The molecule has 3 aromatic rings. The van der Waals surface area contributed by atoms with E-state index >= 15 is 0 Å². The van der Waals surface area contributed by atoms with Gasteiger partial charge in [-0.2, -0.15) is 0 Å². The van der Waals surface area contributed by atoms with E-state index in [9.17, 15) is 4.57 Å². The molecule has 0 unspecified atom stereocenters. The van der Waals surface area contributed by atoms with E-state index in [0.717, 1.165) is 11.1 Å². The molecule has 28 heavy (non-hydrogen) atoms. The molecule has 0 saturated carbocycles. The summed E-state index contributed by atoms with van der Waals surface area (Å²) in [4.78, 5) is 0. The second-order valence-corrected chi connectivity index (χ2v) is 8.27. The van der Waals surface area contributed by atoms with Crippen LogP contribution in [0.25, 0.3) is 0 Å². The summed E-state index contributed by atoms with van der Waals surface area (Å²) >= 11 is 6.18. The molecule has 0 aromatic heterocycles. The predicted octanol–water partition coefficient (Wildman–Crippen LogP) is 6.64. The monoisotopic (exact) mass is 417 g/mol. The van der Waals surface area contributed by atoms with Crippen LogP contribution in [0.15, 0.2) is 66.7 Å². The summed E-state index contributed by atoms with van der Waals surface area (Å²) in [5.41, 5.74) is 2.44. The van der Waals surface area contributed by atoms with Gasteiger partial charge in [0.05, 0.1) is 12.1 Å². The van der Waals surface area contributed by atoms with Crippen molar-refractivity contribution in [2.24, 2.45) is 0 Å². The van der Waals surface area contributed by atoms with Crippen LogP contribution in [-0.2, 0) is 4.57 Å². The van der Waals surface area contributed by atoms with Crippen molar-refractivity contribution in [3.63, 3.8) is 0 Å². The summed E-state index contributed by atoms with van der Waals surface area (Å²) in [7, 11) is -2.29. The van der Waals surface area contributed by atoms with Crippen LogP contribution in [0.2, 0.25) is 5.02 Å². The highest BCUT2D eigenvalue weighted by atomic mass is 35.5. The number of anilines is 1. The van der Waals surface area contributed by atoms with E-state index in [4.69, 9.17) is 25.4 Å². The zero-order valence-corrected chi connectivity index (χ0v) is 17.5. The first kappa shape index (κ1) is 20.1. The number of nitrogens with one attached hydrogen (secondary N) is 1. The van der Waals surface area contributed by atoms with Crippen LogP contribution < -0.4 is 18.9 Å². The van der Waals surface area contributed by atoms with Crippen LogP contribution in [0.4, 0.5) is 5.69 Å². The van der Waals surface area contributed by atoms with E-state index in [1.165, 1.54) is 7.11 Å². The second-order valence-electron chi connectivity index (χ2n) is 6.27. The van der Waals surface area contributed by atoms with E-state index in [2.05, 4.69) is 5.09 Å². The molecule has 1 N–H and O–H groups in total. The van der Waals surface area contributed by atoms with Crippen LogP contribution in [0.5, 0.6) is 17.2 Å². The zero-order chi connectivity index (χ0) is 20.1. The number of aryl methyl sites for hydroxylation is 2. The maximum absolute atomic E-state index is 13.6. The van der Waals surface area contributed by atoms with Gasteiger partial charge in [-0.05, 0) is 67.4 Å². The number of methoxy groups -OCH3 is 1. The van der Waals surface area contributed by atoms with Gasteiger partial charge in [-0.15, -0.1) is 0 Å². The van der Waals surface area contributed by atoms with Gasteiger partial charge in [-0.1, -0.05) is 35.9 Å². The molecule has 3 rings (SSSR count). The van der Waals surface area contributed by atoms with Crippen molar-refractivity contribution in [2.75, 3.05) is 12.2 Å². The quantitative estimate of drug-likeness (QED) is 0.436. The molecule has 3 aromatic carbocycles. The average molecular weight is 418 g/mol. The molecule has 0 heterocycles. The van der Waals surface area contributed by atoms with Crippen LogP contribution >= 0.6 is 19.3 Å². The maximum atomic E-state index is 13.6. The molecular formula is C21H21ClNO4P. The summed E-state index contributed by atoms with van der Waals surface area (Å²) in [5.74, 6) is 1.38. The van der Waals surface area contributed by atoms with Gasteiger partial charge in [0.15, 0.2) is 0 Å². The fourth-order valence-electron chi connectivity index (χ4n) is 2.58. The number of benzene rings is 3. The van der Waals surface area contributed by atoms with Gasteiger partial charge in [0, 0.05) is 5.69 Å². The standard InChI is InChI=1S/C21H21ClNO4P/c1-15-6-4-8-18(12-15)26-28(24,27-19-9-5-7-16(2)13-19)23-17-10-11-21(25-3)20(22)14-17/h4-14H,1-3H3,(H,23,24). The molecule has 0 saturated heterocycles. The van der Waals surface area contributed by atoms with Crippen molar-refractivity contribution in [3.8, 4) is 17.2 Å². The molecule has 0 aliphatic rings. The Bertz CT molecular complexity index is 973. The summed E-state index contributed by atoms with van der Waals surface area (Å²) in [6.45, 7) is 3.85. The molecule has 0 aliphatic heterocycles. The van der Waals surface area contributed by atoms with E-state index in [1.807, 2.05) is 38.1 Å². The first-order valence-corrected chi connectivity index (χ1v) is 10.5. The Kier molecular flexibility index (Phi) is 6.18. The molecule has 0 spiro atoms. The SMILES string of the molecule is COc1ccc(NP(=O)(Oc2cccc(C)c2)Oc2cccc(C)c2)cc1Cl. The van der Waals surface area contributed by atoms with Crippen molar-refractivity contribution >= 4 is 25.0 Å². The van der Waals surface area contributed by atoms with Crippen molar-refractivity contribution in [2.45, 2.75) is 13.8 Å². The largest absolute Gasteiger partial charge is 0.541 e. The fourth-order valence-corrected chi connectivity index (χ4v) is 4.20. The minimum atomic E-state index is -3.82. The lowest BCUT2D eigenvalue weighted by atomic mass is 10.2. The molecule has 0 amide bonds. The molecule has 7 heteroatoms. The number of hydrogen-bond donors (Lipinski definition) is 1. The Balaban J connectivity index is 1.93. The fraction of sp³-hybridized carbons (Fsp3) is 0.143. The Morgan fingerprint density at radius 3 is 1.89 bits per heavy atom. The molecule has 0 fully saturated rings. The van der Waals surface area contributed by atoms with Crippen LogP contribution in [0.3, 0.4) is 0 Å². The minimum absolute atomic E-state index is 0.380. The lowest BCUT2D eigenvalue weighted by molar-refractivity contribution is 0.392. The Morgan fingerprint density at radius 1 is 0.857 bits per heavy atom. The molecule has 146 valence electrons. The van der Waals surface area contributed by atoms with Gasteiger partial charge >= 0.3 is 7.75 Å². The summed E-state index contributed by atoms with van der Waals surface area (Å²) < 4.78 is 30.3. The lowest BCUT2D eigenvalue weighted by Crippen LogP contribution is -2.10. The second kappa shape index (κ2) is 8.59. The third-order valence-corrected chi connectivity index (χ3v) is 5.58. The minimum Gasteiger partial charge on any atom is -0.495 e. The molecule has 0 radical (unpaired) electrons. The van der Waals surface area contributed by atoms with E-state index < -0.39 is 7.75 Å². The molecule has 0 aliphatic carbocycles. The molecule has 0 bridgehead atoms. The topological polar surface area (TPSA) is 56.8 Å². The first-order chi connectivity index (χ1) is 13.4. The number of halogens is 1. The lowest BCUT2D eigenvalue weighted by Gasteiger charge is -2.21. The smallest absolute Gasteiger partial charge is 0.495 e. The number of ether oxygens (including phenoxy) is 1. The van der Waals surface area contributed by atoms with E-state index in [0.29, 0.717) is 28.0 Å². The van der Waals surface area contributed by atoms with Gasteiger partial charge in [0.2, 0.25) is 0 Å². The zero-order valence-electron chi connectivity index (χ0n) is 15.8. The highest BCUT2D eigenvalue weighted by Crippen LogP contribution is 2.49. The Labute approximate surface area is 169 Å². The first-order valence-electron chi connectivity index (χ1n) is 8.61. The highest BCUT2D eigenvalue weighted by molar-refractivity contribution is 7.56. The van der Waals surface area contributed by atoms with Crippen molar-refractivity contribution in [1.29, 1.82) is 0 Å². The normalized spacial score (nSPS) is 11.0. The van der Waals surface area contributed by atoms with E-state index in [1.54, 1.807) is 42.5 Å². The van der Waals surface area contributed by atoms with E-state index in [-0.39, 0.29) is 0 Å². The number of hydrogen-bond acceptors (Lipinski definition) is 4.